The number of furan rings is 1. The van der Waals surface area contributed by atoms with Crippen LogP contribution in [0, 0.1) is 13.8 Å². The number of ether oxygens (including phenoxy) is 1. The lowest BCUT2D eigenvalue weighted by atomic mass is 10.1. The summed E-state index contributed by atoms with van der Waals surface area (Å²) in [6, 6.07) is 12.9. The second-order valence-electron chi connectivity index (χ2n) is 7.06. The van der Waals surface area contributed by atoms with Crippen molar-refractivity contribution in [2.75, 3.05) is 5.32 Å². The van der Waals surface area contributed by atoms with Crippen molar-refractivity contribution in [3.05, 3.63) is 99.5 Å². The highest BCUT2D eigenvalue weighted by Crippen LogP contribution is 2.19. The third-order valence-corrected chi connectivity index (χ3v) is 4.68. The van der Waals surface area contributed by atoms with E-state index in [9.17, 15) is 14.4 Å². The Morgan fingerprint density at radius 1 is 1.13 bits per heavy atom. The summed E-state index contributed by atoms with van der Waals surface area (Å²) in [5.74, 6) is -0.856. The number of nitrogens with one attached hydrogen (secondary N) is 1. The summed E-state index contributed by atoms with van der Waals surface area (Å²) in [5.41, 5.74) is 3.00. The maximum Gasteiger partial charge on any atom is 0.338 e. The average molecular weight is 417 g/mol. The number of amides is 1. The summed E-state index contributed by atoms with van der Waals surface area (Å²) in [6.45, 7) is 3.54. The Morgan fingerprint density at radius 2 is 1.97 bits per heavy atom. The average Bonchev–Trinajstić information content (AvgIpc) is 3.29. The van der Waals surface area contributed by atoms with Crippen molar-refractivity contribution in [1.29, 1.82) is 0 Å². The van der Waals surface area contributed by atoms with Crippen LogP contribution in [0.5, 0.6) is 0 Å². The van der Waals surface area contributed by atoms with Gasteiger partial charge in [-0.25, -0.2) is 9.78 Å². The van der Waals surface area contributed by atoms with E-state index in [4.69, 9.17) is 9.15 Å². The highest BCUT2D eigenvalue weighted by Gasteiger charge is 2.14. The molecule has 0 radical (unpaired) electrons. The van der Waals surface area contributed by atoms with Gasteiger partial charge in [-0.05, 0) is 55.3 Å². The third-order valence-electron chi connectivity index (χ3n) is 4.68. The number of hydrogen-bond acceptors (Lipinski definition) is 6. The number of pyridine rings is 1. The molecule has 4 rings (SSSR count). The zero-order chi connectivity index (χ0) is 22.0. The van der Waals surface area contributed by atoms with Crippen molar-refractivity contribution in [3.8, 4) is 0 Å². The molecule has 8 heteroatoms. The second kappa shape index (κ2) is 8.27. The van der Waals surface area contributed by atoms with Gasteiger partial charge in [0.25, 0.3) is 11.5 Å². The second-order valence-corrected chi connectivity index (χ2v) is 7.06. The van der Waals surface area contributed by atoms with Crippen LogP contribution in [0.2, 0.25) is 0 Å². The van der Waals surface area contributed by atoms with Crippen LogP contribution in [0.1, 0.15) is 37.7 Å². The quantitative estimate of drug-likeness (QED) is 0.499. The fourth-order valence-corrected chi connectivity index (χ4v) is 3.03. The molecule has 0 atom stereocenters. The van der Waals surface area contributed by atoms with Crippen LogP contribution in [0.4, 0.5) is 5.69 Å². The number of esters is 1. The van der Waals surface area contributed by atoms with Crippen molar-refractivity contribution in [3.63, 3.8) is 0 Å². The highest BCUT2D eigenvalue weighted by atomic mass is 16.5. The van der Waals surface area contributed by atoms with Crippen LogP contribution in [-0.2, 0) is 11.3 Å². The largest absolute Gasteiger partial charge is 0.459 e. The van der Waals surface area contributed by atoms with E-state index in [0.717, 1.165) is 11.1 Å². The summed E-state index contributed by atoms with van der Waals surface area (Å²) >= 11 is 0. The smallest absolute Gasteiger partial charge is 0.338 e. The molecule has 0 fully saturated rings. The zero-order valence-electron chi connectivity index (χ0n) is 16.9. The van der Waals surface area contributed by atoms with E-state index in [0.29, 0.717) is 17.0 Å². The van der Waals surface area contributed by atoms with Crippen LogP contribution in [-0.4, -0.2) is 21.3 Å². The van der Waals surface area contributed by atoms with Crippen molar-refractivity contribution in [2.24, 2.45) is 0 Å². The van der Waals surface area contributed by atoms with Crippen LogP contribution in [0.3, 0.4) is 0 Å². The van der Waals surface area contributed by atoms with Crippen LogP contribution >= 0.6 is 0 Å². The van der Waals surface area contributed by atoms with E-state index in [1.165, 1.54) is 22.8 Å². The summed E-state index contributed by atoms with van der Waals surface area (Å²) in [4.78, 5) is 41.4. The van der Waals surface area contributed by atoms with E-state index in [1.807, 2.05) is 13.0 Å². The van der Waals surface area contributed by atoms with Gasteiger partial charge in [-0.15, -0.1) is 0 Å². The Labute approximate surface area is 177 Å². The number of rotatable bonds is 5. The first-order valence-electron chi connectivity index (χ1n) is 9.52. The first-order valence-corrected chi connectivity index (χ1v) is 9.52. The van der Waals surface area contributed by atoms with Crippen LogP contribution < -0.4 is 10.9 Å². The van der Waals surface area contributed by atoms with E-state index in [2.05, 4.69) is 10.3 Å². The topological polar surface area (TPSA) is 103 Å². The molecule has 0 saturated carbocycles. The number of nitrogens with zero attached hydrogens (tertiary/aromatic N) is 2. The summed E-state index contributed by atoms with van der Waals surface area (Å²) < 4.78 is 11.9. The molecular weight excluding hydrogens is 398 g/mol. The minimum atomic E-state index is -0.598. The van der Waals surface area contributed by atoms with Gasteiger partial charge in [-0.1, -0.05) is 12.1 Å². The van der Waals surface area contributed by atoms with Gasteiger partial charge in [0.05, 0.1) is 17.5 Å². The molecule has 0 unspecified atom stereocenters. The lowest BCUT2D eigenvalue weighted by Crippen LogP contribution is -2.17. The molecule has 0 spiro atoms. The molecule has 0 aliphatic heterocycles. The van der Waals surface area contributed by atoms with Crippen molar-refractivity contribution >= 4 is 23.2 Å². The normalized spacial score (nSPS) is 10.8. The molecular formula is C23H19N3O5. The SMILES string of the molecule is Cc1ccc2nc(COC(=O)c3ccc(C)c(NC(=O)c4ccco4)c3)cc(=O)n2c1. The van der Waals surface area contributed by atoms with Gasteiger partial charge in [0, 0.05) is 18.0 Å². The predicted molar refractivity (Wildman–Crippen MR) is 113 cm³/mol. The molecule has 156 valence electrons. The first kappa shape index (κ1) is 20.1. The lowest BCUT2D eigenvalue weighted by Gasteiger charge is -2.10. The molecule has 1 N–H and O–H groups in total. The van der Waals surface area contributed by atoms with Gasteiger partial charge in [0.2, 0.25) is 0 Å². The molecule has 0 aliphatic carbocycles. The predicted octanol–water partition coefficient (Wildman–Crippen LogP) is 3.51. The fourth-order valence-electron chi connectivity index (χ4n) is 3.03. The number of hydrogen-bond donors (Lipinski definition) is 1. The van der Waals surface area contributed by atoms with Crippen LogP contribution in [0.15, 0.2) is 70.2 Å². The molecule has 1 aromatic carbocycles. The van der Waals surface area contributed by atoms with Crippen LogP contribution in [0.25, 0.3) is 5.65 Å². The Balaban J connectivity index is 1.49. The third kappa shape index (κ3) is 4.37. The maximum atomic E-state index is 12.5. The van der Waals surface area contributed by atoms with E-state index in [-0.39, 0.29) is 23.5 Å². The van der Waals surface area contributed by atoms with Crippen molar-refractivity contribution < 1.29 is 18.7 Å². The zero-order valence-corrected chi connectivity index (χ0v) is 16.9. The maximum absolute atomic E-state index is 12.5. The van der Waals surface area contributed by atoms with Crippen molar-refractivity contribution in [1.82, 2.24) is 9.38 Å². The van der Waals surface area contributed by atoms with E-state index < -0.39 is 11.9 Å². The number of carbonyl (C=O) groups is 2. The van der Waals surface area contributed by atoms with Crippen molar-refractivity contribution in [2.45, 2.75) is 20.5 Å². The molecule has 8 nitrogen and oxygen atoms in total. The fraction of sp³-hybridized carbons (Fsp3) is 0.130. The Kier molecular flexibility index (Phi) is 5.36. The monoisotopic (exact) mass is 417 g/mol. The minimum absolute atomic E-state index is 0.152. The molecule has 3 heterocycles. The van der Waals surface area contributed by atoms with Gasteiger partial charge in [-0.3, -0.25) is 14.0 Å². The number of fused-ring (bicyclic) bond motifs is 1. The number of carbonyl (C=O) groups excluding carboxylic acids is 2. The standard InChI is InChI=1S/C23H19N3O5/c1-14-5-8-20-24-17(11-21(27)26(20)12-14)13-31-23(29)16-7-6-15(2)18(10-16)25-22(28)19-4-3-9-30-19/h3-12H,13H2,1-2H3,(H,25,28). The number of benzene rings is 1. The molecule has 1 amide bonds. The summed E-state index contributed by atoms with van der Waals surface area (Å²) in [5, 5.41) is 2.72. The number of aryl methyl sites for hydroxylation is 2. The Bertz CT molecular complexity index is 1340. The number of aromatic nitrogens is 2. The molecule has 3 aromatic heterocycles. The van der Waals surface area contributed by atoms with E-state index in [1.54, 1.807) is 43.5 Å². The molecule has 0 saturated heterocycles. The van der Waals surface area contributed by atoms with Gasteiger partial charge in [0.15, 0.2) is 5.76 Å². The lowest BCUT2D eigenvalue weighted by molar-refractivity contribution is 0.0467. The van der Waals surface area contributed by atoms with Gasteiger partial charge >= 0.3 is 5.97 Å². The minimum Gasteiger partial charge on any atom is -0.459 e. The molecule has 4 aromatic rings. The van der Waals surface area contributed by atoms with Gasteiger partial charge in [-0.2, -0.15) is 0 Å². The molecule has 0 bridgehead atoms. The van der Waals surface area contributed by atoms with Gasteiger partial charge < -0.3 is 14.5 Å². The molecule has 0 aliphatic rings. The van der Waals surface area contributed by atoms with E-state index >= 15 is 0 Å². The highest BCUT2D eigenvalue weighted by molar-refractivity contribution is 6.03. The Hall–Kier alpha value is -4.20. The first-order chi connectivity index (χ1) is 14.9. The number of anilines is 1. The molecule has 31 heavy (non-hydrogen) atoms. The Morgan fingerprint density at radius 3 is 2.74 bits per heavy atom. The summed E-state index contributed by atoms with van der Waals surface area (Å²) in [6.07, 6.45) is 3.11. The van der Waals surface area contributed by atoms with Gasteiger partial charge in [0.1, 0.15) is 12.3 Å². The summed E-state index contributed by atoms with van der Waals surface area (Å²) in [7, 11) is 0.